The van der Waals surface area contributed by atoms with E-state index in [0.29, 0.717) is 30.4 Å². The first kappa shape index (κ1) is 20.4. The number of aromatic amines is 1. The van der Waals surface area contributed by atoms with E-state index in [0.717, 1.165) is 28.3 Å². The van der Waals surface area contributed by atoms with E-state index in [4.69, 9.17) is 4.74 Å². The molecule has 2 N–H and O–H groups in total. The molecule has 30 heavy (non-hydrogen) atoms. The largest absolute Gasteiger partial charge is 0.456 e. The molecule has 1 saturated carbocycles. The number of H-pyrrole nitrogens is 1. The van der Waals surface area contributed by atoms with Gasteiger partial charge in [-0.25, -0.2) is 4.98 Å². The van der Waals surface area contributed by atoms with E-state index >= 15 is 0 Å². The van der Waals surface area contributed by atoms with Crippen LogP contribution in [0.2, 0.25) is 0 Å². The highest BCUT2D eigenvalue weighted by Gasteiger charge is 2.18. The number of pyridine rings is 1. The van der Waals surface area contributed by atoms with Crippen LogP contribution in [0.4, 0.5) is 5.82 Å². The molecular weight excluding hydrogens is 376 g/mol. The van der Waals surface area contributed by atoms with Crippen LogP contribution < -0.4 is 10.1 Å². The highest BCUT2D eigenvalue weighted by molar-refractivity contribution is 5.93. The molecule has 1 aromatic carbocycles. The summed E-state index contributed by atoms with van der Waals surface area (Å²) < 4.78 is 6.18. The summed E-state index contributed by atoms with van der Waals surface area (Å²) in [7, 11) is 0. The third-order valence-corrected chi connectivity index (χ3v) is 5.56. The molecular formula is C24H30N4O2. The van der Waals surface area contributed by atoms with E-state index in [-0.39, 0.29) is 5.78 Å². The zero-order chi connectivity index (χ0) is 20.9. The Labute approximate surface area is 177 Å². The molecule has 0 saturated heterocycles. The molecule has 1 aliphatic rings. The van der Waals surface area contributed by atoms with Gasteiger partial charge >= 0.3 is 0 Å². The number of hydrogen-bond acceptors (Lipinski definition) is 5. The Morgan fingerprint density at radius 1 is 1.17 bits per heavy atom. The van der Waals surface area contributed by atoms with Crippen LogP contribution in [-0.4, -0.2) is 27.0 Å². The Hall–Kier alpha value is -2.89. The first-order valence-electron chi connectivity index (χ1n) is 11.0. The normalized spacial score (nSPS) is 14.9. The fourth-order valence-corrected chi connectivity index (χ4v) is 4.11. The number of carbonyl (C=O) groups is 1. The Bertz CT molecular complexity index is 988. The van der Waals surface area contributed by atoms with Crippen molar-refractivity contribution in [2.45, 2.75) is 64.8 Å². The molecule has 3 aromatic rings. The number of fused-ring (bicyclic) bond motifs is 1. The van der Waals surface area contributed by atoms with Crippen LogP contribution in [0.1, 0.15) is 57.9 Å². The fraction of sp³-hybridized carbons (Fsp3) is 0.458. The molecule has 158 valence electrons. The standard InChI is InChI=1S/C24H30N4O2/c1-16(2)14-19(29)15-17-8-10-20(11-9-17)30-21-12-13-25-23-22(21)24(28-27-23)26-18-6-4-3-5-7-18/h8-13,16,18H,3-7,14-15H2,1-2H3,(H2,25,26,27,28). The molecule has 0 atom stereocenters. The number of aromatic nitrogens is 3. The third-order valence-electron chi connectivity index (χ3n) is 5.56. The molecule has 0 amide bonds. The van der Waals surface area contributed by atoms with Crippen LogP contribution >= 0.6 is 0 Å². The van der Waals surface area contributed by atoms with Crippen LogP contribution in [0, 0.1) is 5.92 Å². The summed E-state index contributed by atoms with van der Waals surface area (Å²) in [5, 5.41) is 11.9. The van der Waals surface area contributed by atoms with E-state index in [1.807, 2.05) is 30.3 Å². The molecule has 6 nitrogen and oxygen atoms in total. The summed E-state index contributed by atoms with van der Waals surface area (Å²) in [5.41, 5.74) is 1.72. The molecule has 0 radical (unpaired) electrons. The zero-order valence-electron chi connectivity index (χ0n) is 17.8. The molecule has 1 aliphatic carbocycles. The maximum atomic E-state index is 12.1. The quantitative estimate of drug-likeness (QED) is 0.505. The number of ketones is 1. The molecule has 0 unspecified atom stereocenters. The van der Waals surface area contributed by atoms with Gasteiger partial charge in [-0.2, -0.15) is 5.10 Å². The molecule has 6 heteroatoms. The van der Waals surface area contributed by atoms with Crippen LogP contribution in [0.5, 0.6) is 11.5 Å². The van der Waals surface area contributed by atoms with Gasteiger partial charge in [0, 0.05) is 31.1 Å². The second-order valence-electron chi connectivity index (χ2n) is 8.64. The third kappa shape index (κ3) is 4.99. The summed E-state index contributed by atoms with van der Waals surface area (Å²) in [5.74, 6) is 2.91. The van der Waals surface area contributed by atoms with Gasteiger partial charge in [-0.05, 0) is 36.5 Å². The monoisotopic (exact) mass is 406 g/mol. The van der Waals surface area contributed by atoms with Gasteiger partial charge in [0.05, 0.1) is 0 Å². The Morgan fingerprint density at radius 2 is 1.93 bits per heavy atom. The van der Waals surface area contributed by atoms with Crippen molar-refractivity contribution in [2.24, 2.45) is 5.92 Å². The average molecular weight is 407 g/mol. The first-order chi connectivity index (χ1) is 14.6. The minimum atomic E-state index is 0.270. The first-order valence-corrected chi connectivity index (χ1v) is 11.0. The maximum Gasteiger partial charge on any atom is 0.161 e. The number of ether oxygens (including phenoxy) is 1. The number of anilines is 1. The lowest BCUT2D eigenvalue weighted by Crippen LogP contribution is -2.22. The molecule has 0 bridgehead atoms. The van der Waals surface area contributed by atoms with Crippen LogP contribution in [0.3, 0.4) is 0 Å². The van der Waals surface area contributed by atoms with Gasteiger partial charge in [0.15, 0.2) is 11.5 Å². The predicted octanol–water partition coefficient (Wildman–Crippen LogP) is 5.65. The van der Waals surface area contributed by atoms with Crippen LogP contribution in [-0.2, 0) is 11.2 Å². The van der Waals surface area contributed by atoms with E-state index in [9.17, 15) is 4.79 Å². The second-order valence-corrected chi connectivity index (χ2v) is 8.64. The summed E-state index contributed by atoms with van der Waals surface area (Å²) in [6, 6.07) is 10.1. The van der Waals surface area contributed by atoms with Gasteiger partial charge in [-0.1, -0.05) is 45.2 Å². The highest BCUT2D eigenvalue weighted by Crippen LogP contribution is 2.34. The lowest BCUT2D eigenvalue weighted by Gasteiger charge is -2.22. The number of benzene rings is 1. The van der Waals surface area contributed by atoms with Crippen molar-refractivity contribution in [3.05, 3.63) is 42.1 Å². The number of rotatable bonds is 8. The van der Waals surface area contributed by atoms with Crippen LogP contribution in [0.15, 0.2) is 36.5 Å². The van der Waals surface area contributed by atoms with Crippen molar-refractivity contribution in [3.63, 3.8) is 0 Å². The Morgan fingerprint density at radius 3 is 2.67 bits per heavy atom. The fourth-order valence-electron chi connectivity index (χ4n) is 4.11. The molecule has 0 aliphatic heterocycles. The maximum absolute atomic E-state index is 12.1. The second kappa shape index (κ2) is 9.28. The lowest BCUT2D eigenvalue weighted by atomic mass is 9.95. The minimum Gasteiger partial charge on any atom is -0.456 e. The van der Waals surface area contributed by atoms with Gasteiger partial charge in [-0.3, -0.25) is 9.89 Å². The molecule has 4 rings (SSSR count). The predicted molar refractivity (Wildman–Crippen MR) is 119 cm³/mol. The topological polar surface area (TPSA) is 79.9 Å². The van der Waals surface area contributed by atoms with E-state index in [2.05, 4.69) is 34.3 Å². The minimum absolute atomic E-state index is 0.270. The highest BCUT2D eigenvalue weighted by atomic mass is 16.5. The van der Waals surface area contributed by atoms with Gasteiger partial charge in [-0.15, -0.1) is 0 Å². The van der Waals surface area contributed by atoms with Crippen molar-refractivity contribution in [1.82, 2.24) is 15.2 Å². The number of carbonyl (C=O) groups excluding carboxylic acids is 1. The van der Waals surface area contributed by atoms with Crippen LogP contribution in [0.25, 0.3) is 11.0 Å². The van der Waals surface area contributed by atoms with Gasteiger partial charge in [0.1, 0.15) is 22.7 Å². The Kier molecular flexibility index (Phi) is 6.31. The van der Waals surface area contributed by atoms with E-state index in [1.165, 1.54) is 32.1 Å². The van der Waals surface area contributed by atoms with Crippen molar-refractivity contribution in [1.29, 1.82) is 0 Å². The molecule has 2 heterocycles. The van der Waals surface area contributed by atoms with Gasteiger partial charge < -0.3 is 10.1 Å². The lowest BCUT2D eigenvalue weighted by molar-refractivity contribution is -0.119. The van der Waals surface area contributed by atoms with E-state index < -0.39 is 0 Å². The van der Waals surface area contributed by atoms with Gasteiger partial charge in [0.25, 0.3) is 0 Å². The van der Waals surface area contributed by atoms with Gasteiger partial charge in [0.2, 0.25) is 0 Å². The average Bonchev–Trinajstić information content (AvgIpc) is 3.13. The summed E-state index contributed by atoms with van der Waals surface area (Å²) in [6.07, 6.45) is 8.97. The number of nitrogens with one attached hydrogen (secondary N) is 2. The summed E-state index contributed by atoms with van der Waals surface area (Å²) in [4.78, 5) is 16.5. The number of nitrogens with zero attached hydrogens (tertiary/aromatic N) is 2. The molecule has 0 spiro atoms. The SMILES string of the molecule is CC(C)CC(=O)Cc1ccc(Oc2ccnc3[nH]nc(NC4CCCCC4)c23)cc1. The molecule has 1 fully saturated rings. The Balaban J connectivity index is 1.49. The molecule has 2 aromatic heterocycles. The van der Waals surface area contributed by atoms with E-state index in [1.54, 1.807) is 6.20 Å². The number of Topliss-reactive ketones (excluding diaryl/α,β-unsaturated/α-hetero) is 1. The van der Waals surface area contributed by atoms with Crippen molar-refractivity contribution >= 4 is 22.6 Å². The summed E-state index contributed by atoms with van der Waals surface area (Å²) in [6.45, 7) is 4.13. The smallest absolute Gasteiger partial charge is 0.161 e. The van der Waals surface area contributed by atoms with Crippen molar-refractivity contribution in [3.8, 4) is 11.5 Å². The van der Waals surface area contributed by atoms with Crippen molar-refractivity contribution in [2.75, 3.05) is 5.32 Å². The zero-order valence-corrected chi connectivity index (χ0v) is 17.8. The van der Waals surface area contributed by atoms with Crippen molar-refractivity contribution < 1.29 is 9.53 Å². The summed E-state index contributed by atoms with van der Waals surface area (Å²) >= 11 is 0. The number of hydrogen-bond donors (Lipinski definition) is 2.